The quantitative estimate of drug-likeness (QED) is 0.489. The van der Waals surface area contributed by atoms with Crippen LogP contribution in [-0.2, 0) is 9.47 Å². The van der Waals surface area contributed by atoms with Crippen LogP contribution in [0.2, 0.25) is 0 Å². The summed E-state index contributed by atoms with van der Waals surface area (Å²) in [6.45, 7) is 4.88. The van der Waals surface area contributed by atoms with E-state index in [2.05, 4.69) is 18.4 Å². The Hall–Kier alpha value is -0.780. The summed E-state index contributed by atoms with van der Waals surface area (Å²) < 4.78 is 10.8. The largest absolute Gasteiger partial charge is 0.353 e. The summed E-state index contributed by atoms with van der Waals surface area (Å²) in [5.74, 6) is 5.84. The Labute approximate surface area is 79.9 Å². The maximum atomic E-state index is 5.40. The highest BCUT2D eigenvalue weighted by Crippen LogP contribution is 2.12. The van der Waals surface area contributed by atoms with E-state index in [9.17, 15) is 0 Å². The molecule has 0 radical (unpaired) electrons. The lowest BCUT2D eigenvalue weighted by Crippen LogP contribution is -2.22. The van der Waals surface area contributed by atoms with Gasteiger partial charge >= 0.3 is 0 Å². The first-order valence-corrected chi connectivity index (χ1v) is 4.73. The van der Waals surface area contributed by atoms with Crippen molar-refractivity contribution in [1.29, 1.82) is 0 Å². The zero-order valence-electron chi connectivity index (χ0n) is 7.92. The first-order valence-electron chi connectivity index (χ1n) is 4.73. The zero-order valence-corrected chi connectivity index (χ0v) is 7.92. The molecule has 0 spiro atoms. The van der Waals surface area contributed by atoms with Crippen LogP contribution in [0, 0.1) is 11.8 Å². The van der Waals surface area contributed by atoms with Gasteiger partial charge in [-0.15, -0.1) is 6.58 Å². The average Bonchev–Trinajstić information content (AvgIpc) is 2.19. The third kappa shape index (κ3) is 4.72. The van der Waals surface area contributed by atoms with Crippen LogP contribution in [0.3, 0.4) is 0 Å². The molecule has 0 aromatic heterocycles. The van der Waals surface area contributed by atoms with Crippen LogP contribution >= 0.6 is 0 Å². The molecule has 1 rings (SSSR count). The normalized spacial score (nSPS) is 21.7. The fourth-order valence-corrected chi connectivity index (χ4v) is 1.17. The molecular formula is C11H16O2. The number of hydrogen-bond acceptors (Lipinski definition) is 2. The van der Waals surface area contributed by atoms with Gasteiger partial charge in [0.05, 0.1) is 0 Å². The Morgan fingerprint density at radius 1 is 1.46 bits per heavy atom. The predicted molar refractivity (Wildman–Crippen MR) is 52.1 cm³/mol. The minimum Gasteiger partial charge on any atom is -0.353 e. The first-order chi connectivity index (χ1) is 6.43. The van der Waals surface area contributed by atoms with Gasteiger partial charge in [0.15, 0.2) is 6.29 Å². The van der Waals surface area contributed by atoms with Gasteiger partial charge < -0.3 is 9.47 Å². The van der Waals surface area contributed by atoms with Crippen LogP contribution in [0.4, 0.5) is 0 Å². The van der Waals surface area contributed by atoms with Gasteiger partial charge in [-0.1, -0.05) is 17.9 Å². The van der Waals surface area contributed by atoms with E-state index in [0.29, 0.717) is 6.61 Å². The van der Waals surface area contributed by atoms with E-state index in [1.54, 1.807) is 6.08 Å². The minimum atomic E-state index is -0.0215. The van der Waals surface area contributed by atoms with Gasteiger partial charge in [-0.25, -0.2) is 0 Å². The molecule has 0 bridgehead atoms. The highest BCUT2D eigenvalue weighted by Gasteiger charge is 2.12. The molecule has 1 aliphatic heterocycles. The number of rotatable bonds is 3. The lowest BCUT2D eigenvalue weighted by molar-refractivity contribution is -0.154. The Bertz CT molecular complexity index is 194. The SMILES string of the molecule is C=CCC#CCOC1CCCCO1. The zero-order chi connectivity index (χ0) is 9.36. The van der Waals surface area contributed by atoms with Gasteiger partial charge in [0.1, 0.15) is 6.61 Å². The highest BCUT2D eigenvalue weighted by molar-refractivity contribution is 5.02. The van der Waals surface area contributed by atoms with E-state index in [0.717, 1.165) is 25.9 Å². The Morgan fingerprint density at radius 2 is 2.38 bits per heavy atom. The summed E-state index contributed by atoms with van der Waals surface area (Å²) in [5, 5.41) is 0. The molecule has 13 heavy (non-hydrogen) atoms. The van der Waals surface area contributed by atoms with Gasteiger partial charge in [0.2, 0.25) is 0 Å². The molecule has 1 fully saturated rings. The van der Waals surface area contributed by atoms with E-state index < -0.39 is 0 Å². The first kappa shape index (κ1) is 10.3. The predicted octanol–water partition coefficient (Wildman–Crippen LogP) is 2.11. The molecule has 2 heteroatoms. The Kier molecular flexibility index (Phi) is 5.31. The molecule has 0 aliphatic carbocycles. The van der Waals surface area contributed by atoms with Gasteiger partial charge in [-0.3, -0.25) is 0 Å². The fraction of sp³-hybridized carbons (Fsp3) is 0.636. The Balaban J connectivity index is 2.04. The van der Waals surface area contributed by atoms with Crippen molar-refractivity contribution in [3.63, 3.8) is 0 Å². The van der Waals surface area contributed by atoms with Crippen LogP contribution < -0.4 is 0 Å². The van der Waals surface area contributed by atoms with Crippen molar-refractivity contribution < 1.29 is 9.47 Å². The second-order valence-electron chi connectivity index (χ2n) is 2.95. The standard InChI is InChI=1S/C11H16O2/c1-2-3-4-6-9-12-11-8-5-7-10-13-11/h2,11H,1,3,5,7-10H2. The second kappa shape index (κ2) is 6.71. The summed E-state index contributed by atoms with van der Waals surface area (Å²) in [5.41, 5.74) is 0. The second-order valence-corrected chi connectivity index (χ2v) is 2.95. The van der Waals surface area contributed by atoms with Gasteiger partial charge in [-0.05, 0) is 19.3 Å². The summed E-state index contributed by atoms with van der Waals surface area (Å²) >= 11 is 0. The van der Waals surface area contributed by atoms with E-state index >= 15 is 0 Å². The molecule has 2 nitrogen and oxygen atoms in total. The van der Waals surface area contributed by atoms with Gasteiger partial charge in [0.25, 0.3) is 0 Å². The van der Waals surface area contributed by atoms with Gasteiger partial charge in [-0.2, -0.15) is 0 Å². The molecule has 1 saturated heterocycles. The van der Waals surface area contributed by atoms with E-state index in [1.807, 2.05) is 0 Å². The van der Waals surface area contributed by atoms with Crippen LogP contribution in [0.25, 0.3) is 0 Å². The van der Waals surface area contributed by atoms with E-state index in [4.69, 9.17) is 9.47 Å². The molecule has 0 saturated carbocycles. The maximum absolute atomic E-state index is 5.40. The summed E-state index contributed by atoms with van der Waals surface area (Å²) in [7, 11) is 0. The maximum Gasteiger partial charge on any atom is 0.158 e. The molecule has 0 amide bonds. The molecular weight excluding hydrogens is 164 g/mol. The fourth-order valence-electron chi connectivity index (χ4n) is 1.17. The van der Waals surface area contributed by atoms with Crippen LogP contribution in [0.1, 0.15) is 25.7 Å². The van der Waals surface area contributed by atoms with E-state index in [1.165, 1.54) is 6.42 Å². The molecule has 0 N–H and O–H groups in total. The third-order valence-electron chi connectivity index (χ3n) is 1.85. The average molecular weight is 180 g/mol. The Morgan fingerprint density at radius 3 is 3.08 bits per heavy atom. The van der Waals surface area contributed by atoms with Crippen molar-refractivity contribution in [1.82, 2.24) is 0 Å². The monoisotopic (exact) mass is 180 g/mol. The third-order valence-corrected chi connectivity index (χ3v) is 1.85. The van der Waals surface area contributed by atoms with Crippen LogP contribution in [0.5, 0.6) is 0 Å². The van der Waals surface area contributed by atoms with Crippen LogP contribution in [0.15, 0.2) is 12.7 Å². The lowest BCUT2D eigenvalue weighted by Gasteiger charge is -2.21. The van der Waals surface area contributed by atoms with Crippen molar-refractivity contribution >= 4 is 0 Å². The number of allylic oxidation sites excluding steroid dienone is 1. The van der Waals surface area contributed by atoms with Crippen molar-refractivity contribution in [3.8, 4) is 11.8 Å². The van der Waals surface area contributed by atoms with Crippen LogP contribution in [-0.4, -0.2) is 19.5 Å². The van der Waals surface area contributed by atoms with Crippen molar-refractivity contribution in [2.75, 3.05) is 13.2 Å². The molecule has 1 aliphatic rings. The molecule has 0 aromatic carbocycles. The van der Waals surface area contributed by atoms with Crippen molar-refractivity contribution in [3.05, 3.63) is 12.7 Å². The number of ether oxygens (including phenoxy) is 2. The summed E-state index contributed by atoms with van der Waals surface area (Å²) in [4.78, 5) is 0. The highest BCUT2D eigenvalue weighted by atomic mass is 16.7. The van der Waals surface area contributed by atoms with Crippen molar-refractivity contribution in [2.24, 2.45) is 0 Å². The van der Waals surface area contributed by atoms with E-state index in [-0.39, 0.29) is 6.29 Å². The lowest BCUT2D eigenvalue weighted by atomic mass is 10.2. The smallest absolute Gasteiger partial charge is 0.158 e. The summed E-state index contributed by atoms with van der Waals surface area (Å²) in [6, 6.07) is 0. The van der Waals surface area contributed by atoms with Crippen molar-refractivity contribution in [2.45, 2.75) is 32.0 Å². The molecule has 72 valence electrons. The van der Waals surface area contributed by atoms with Gasteiger partial charge in [0, 0.05) is 13.0 Å². The summed E-state index contributed by atoms with van der Waals surface area (Å²) in [6.07, 6.45) is 5.85. The molecule has 1 unspecified atom stereocenters. The molecule has 0 aromatic rings. The molecule has 1 atom stereocenters. The topological polar surface area (TPSA) is 18.5 Å². The number of hydrogen-bond donors (Lipinski definition) is 0. The molecule has 1 heterocycles. The minimum absolute atomic E-state index is 0.0215.